The zero-order valence-electron chi connectivity index (χ0n) is 11.7. The maximum atomic E-state index is 12.1. The summed E-state index contributed by atoms with van der Waals surface area (Å²) in [6.45, 7) is 2.44. The summed E-state index contributed by atoms with van der Waals surface area (Å²) in [7, 11) is 0. The summed E-state index contributed by atoms with van der Waals surface area (Å²) < 4.78 is 0.786. The Morgan fingerprint density at radius 2 is 2.27 bits per heavy atom. The minimum Gasteiger partial charge on any atom is -0.347 e. The number of amides is 1. The molecule has 4 nitrogen and oxygen atoms in total. The molecule has 0 fully saturated rings. The summed E-state index contributed by atoms with van der Waals surface area (Å²) in [4.78, 5) is 22.9. The van der Waals surface area contributed by atoms with Crippen molar-refractivity contribution in [3.05, 3.63) is 56.6 Å². The molecule has 0 aliphatic rings. The molecule has 0 saturated carbocycles. The number of nitrogens with one attached hydrogen (secondary N) is 1. The average molecular weight is 394 g/mol. The van der Waals surface area contributed by atoms with Crippen LogP contribution in [-0.2, 0) is 6.54 Å². The number of rotatable bonds is 4. The highest BCUT2D eigenvalue weighted by Gasteiger charge is 2.12. The van der Waals surface area contributed by atoms with E-state index in [1.807, 2.05) is 18.4 Å². The van der Waals surface area contributed by atoms with Gasteiger partial charge in [0.15, 0.2) is 0 Å². The number of carbonyl (C=O) groups excluding carboxylic acids is 1. The van der Waals surface area contributed by atoms with Crippen molar-refractivity contribution >= 4 is 44.5 Å². The van der Waals surface area contributed by atoms with Gasteiger partial charge in [-0.15, -0.1) is 22.7 Å². The van der Waals surface area contributed by atoms with Crippen molar-refractivity contribution in [2.45, 2.75) is 13.5 Å². The summed E-state index contributed by atoms with van der Waals surface area (Å²) in [5.41, 5.74) is 1.50. The topological polar surface area (TPSA) is 54.9 Å². The van der Waals surface area contributed by atoms with Crippen LogP contribution in [0, 0.1) is 6.92 Å². The van der Waals surface area contributed by atoms with Crippen molar-refractivity contribution in [3.63, 3.8) is 0 Å². The smallest absolute Gasteiger partial charge is 0.253 e. The second kappa shape index (κ2) is 6.68. The third-order valence-electron chi connectivity index (χ3n) is 3.00. The molecule has 0 atom stereocenters. The van der Waals surface area contributed by atoms with Crippen molar-refractivity contribution in [2.75, 3.05) is 0 Å². The number of halogens is 1. The number of hydrogen-bond acceptors (Lipinski definition) is 5. The molecule has 22 heavy (non-hydrogen) atoms. The van der Waals surface area contributed by atoms with E-state index in [1.54, 1.807) is 41.1 Å². The molecule has 3 heterocycles. The van der Waals surface area contributed by atoms with Crippen LogP contribution in [-0.4, -0.2) is 15.9 Å². The lowest BCUT2D eigenvalue weighted by Crippen LogP contribution is -2.22. The summed E-state index contributed by atoms with van der Waals surface area (Å²) >= 11 is 6.60. The summed E-state index contributed by atoms with van der Waals surface area (Å²) in [6.07, 6.45) is 3.20. The first-order valence-electron chi connectivity index (χ1n) is 6.52. The number of nitrogens with zero attached hydrogens (tertiary/aromatic N) is 2. The largest absolute Gasteiger partial charge is 0.347 e. The Labute approximate surface area is 144 Å². The summed E-state index contributed by atoms with van der Waals surface area (Å²) in [6, 6.07) is 5.82. The van der Waals surface area contributed by atoms with Gasteiger partial charge in [0.25, 0.3) is 5.91 Å². The van der Waals surface area contributed by atoms with Gasteiger partial charge in [0, 0.05) is 21.7 Å². The number of aryl methyl sites for hydroxylation is 1. The van der Waals surface area contributed by atoms with Crippen LogP contribution in [0.25, 0.3) is 9.88 Å². The van der Waals surface area contributed by atoms with E-state index in [0.29, 0.717) is 12.1 Å². The highest BCUT2D eigenvalue weighted by atomic mass is 79.9. The molecule has 0 spiro atoms. The molecule has 0 radical (unpaired) electrons. The number of thiazole rings is 1. The summed E-state index contributed by atoms with van der Waals surface area (Å²) in [5, 5.41) is 5.95. The minimum absolute atomic E-state index is 0.140. The predicted octanol–water partition coefficient (Wildman–Crippen LogP) is 4.27. The molecule has 112 valence electrons. The number of thiophene rings is 1. The Bertz CT molecular complexity index is 799. The molecule has 1 N–H and O–H groups in total. The van der Waals surface area contributed by atoms with E-state index in [4.69, 9.17) is 0 Å². The molecular weight excluding hydrogens is 382 g/mol. The van der Waals surface area contributed by atoms with Gasteiger partial charge >= 0.3 is 0 Å². The Morgan fingerprint density at radius 1 is 1.41 bits per heavy atom. The van der Waals surface area contributed by atoms with Gasteiger partial charge in [-0.1, -0.05) is 6.07 Å². The van der Waals surface area contributed by atoms with Gasteiger partial charge in [0.2, 0.25) is 0 Å². The van der Waals surface area contributed by atoms with E-state index < -0.39 is 0 Å². The molecule has 0 saturated heterocycles. The molecule has 0 bridgehead atoms. The molecule has 0 aliphatic heterocycles. The lowest BCUT2D eigenvalue weighted by molar-refractivity contribution is 0.0951. The van der Waals surface area contributed by atoms with Crippen LogP contribution in [0.4, 0.5) is 0 Å². The van der Waals surface area contributed by atoms with Crippen LogP contribution >= 0.6 is 38.6 Å². The van der Waals surface area contributed by atoms with E-state index in [2.05, 4.69) is 37.3 Å². The zero-order chi connectivity index (χ0) is 15.5. The number of pyridine rings is 1. The van der Waals surface area contributed by atoms with Crippen LogP contribution in [0.5, 0.6) is 0 Å². The number of carbonyl (C=O) groups is 1. The first-order chi connectivity index (χ1) is 10.6. The monoisotopic (exact) mass is 393 g/mol. The standard InChI is InChI=1S/C15H12BrN3OS2/c1-9-13(22-15(19-9)12-3-2-4-21-12)8-18-14(20)10-5-11(16)7-17-6-10/h2-7H,8H2,1H3,(H,18,20). The van der Waals surface area contributed by atoms with Gasteiger partial charge in [-0.2, -0.15) is 0 Å². The van der Waals surface area contributed by atoms with Crippen molar-refractivity contribution in [1.29, 1.82) is 0 Å². The van der Waals surface area contributed by atoms with Gasteiger partial charge in [0.1, 0.15) is 5.01 Å². The predicted molar refractivity (Wildman–Crippen MR) is 93.3 cm³/mol. The van der Waals surface area contributed by atoms with Gasteiger partial charge in [-0.25, -0.2) is 4.98 Å². The van der Waals surface area contributed by atoms with E-state index in [0.717, 1.165) is 24.9 Å². The third kappa shape index (κ3) is 3.43. The molecule has 3 rings (SSSR count). The normalized spacial score (nSPS) is 10.6. The first kappa shape index (κ1) is 15.3. The second-order valence-corrected chi connectivity index (χ2v) is 7.53. The fraction of sp³-hybridized carbons (Fsp3) is 0.133. The van der Waals surface area contributed by atoms with Crippen molar-refractivity contribution in [1.82, 2.24) is 15.3 Å². The Balaban J connectivity index is 1.70. The number of aromatic nitrogens is 2. The van der Waals surface area contributed by atoms with Crippen molar-refractivity contribution in [3.8, 4) is 9.88 Å². The fourth-order valence-corrected chi connectivity index (χ4v) is 4.06. The van der Waals surface area contributed by atoms with E-state index >= 15 is 0 Å². The second-order valence-electron chi connectivity index (χ2n) is 4.58. The van der Waals surface area contributed by atoms with Gasteiger partial charge in [-0.05, 0) is 40.4 Å². The van der Waals surface area contributed by atoms with Crippen LogP contribution < -0.4 is 5.32 Å². The van der Waals surface area contributed by atoms with Gasteiger partial charge < -0.3 is 5.32 Å². The molecule has 3 aromatic heterocycles. The maximum absolute atomic E-state index is 12.1. The molecule has 0 aromatic carbocycles. The zero-order valence-corrected chi connectivity index (χ0v) is 14.9. The lowest BCUT2D eigenvalue weighted by atomic mass is 10.2. The molecule has 7 heteroatoms. The molecule has 1 amide bonds. The minimum atomic E-state index is -0.140. The number of hydrogen-bond donors (Lipinski definition) is 1. The lowest BCUT2D eigenvalue weighted by Gasteiger charge is -2.04. The molecule has 0 aliphatic carbocycles. The van der Waals surface area contributed by atoms with Gasteiger partial charge in [0.05, 0.1) is 22.7 Å². The summed E-state index contributed by atoms with van der Waals surface area (Å²) in [5.74, 6) is -0.140. The van der Waals surface area contributed by atoms with Crippen molar-refractivity contribution in [2.24, 2.45) is 0 Å². The van der Waals surface area contributed by atoms with Crippen LogP contribution in [0.3, 0.4) is 0 Å². The van der Waals surface area contributed by atoms with Crippen LogP contribution in [0.15, 0.2) is 40.4 Å². The SMILES string of the molecule is Cc1nc(-c2cccs2)sc1CNC(=O)c1cncc(Br)c1. The molecular formula is C15H12BrN3OS2. The van der Waals surface area contributed by atoms with E-state index in [1.165, 1.54) is 0 Å². The maximum Gasteiger partial charge on any atom is 0.253 e. The first-order valence-corrected chi connectivity index (χ1v) is 9.01. The van der Waals surface area contributed by atoms with Crippen LogP contribution in [0.1, 0.15) is 20.9 Å². The fourth-order valence-electron chi connectivity index (χ4n) is 1.90. The Hall–Kier alpha value is -1.57. The quantitative estimate of drug-likeness (QED) is 0.719. The van der Waals surface area contributed by atoms with Crippen LogP contribution in [0.2, 0.25) is 0 Å². The highest BCUT2D eigenvalue weighted by Crippen LogP contribution is 2.30. The van der Waals surface area contributed by atoms with E-state index in [-0.39, 0.29) is 5.91 Å². The van der Waals surface area contributed by atoms with E-state index in [9.17, 15) is 4.79 Å². The molecule has 3 aromatic rings. The Kier molecular flexibility index (Phi) is 4.66. The average Bonchev–Trinajstić information content (AvgIpc) is 3.14. The van der Waals surface area contributed by atoms with Crippen molar-refractivity contribution < 1.29 is 4.79 Å². The van der Waals surface area contributed by atoms with Gasteiger partial charge in [-0.3, -0.25) is 9.78 Å². The molecule has 0 unspecified atom stereocenters. The third-order valence-corrected chi connectivity index (χ3v) is 5.63. The highest BCUT2D eigenvalue weighted by molar-refractivity contribution is 9.10. The Morgan fingerprint density at radius 3 is 3.00 bits per heavy atom.